The molecule has 2 aliphatic rings. The number of imidazole rings is 1. The highest BCUT2D eigenvalue weighted by Gasteiger charge is 2.46. The number of nitrogens with zero attached hydrogens (tertiary/aromatic N) is 3. The highest BCUT2D eigenvalue weighted by molar-refractivity contribution is 7.47. The lowest BCUT2D eigenvalue weighted by molar-refractivity contribution is -0.0544. The molecule has 8 atom stereocenters. The van der Waals surface area contributed by atoms with Gasteiger partial charge in [0.2, 0.25) is 5.95 Å². The molecule has 1 unspecified atom stereocenters. The van der Waals surface area contributed by atoms with Crippen molar-refractivity contribution < 1.29 is 48.4 Å². The SMILES string of the molecule is Nc1nc2c(ncn2[C@@H]2O[C@H](COP(=O)(O)O[C@H]3CO[C@H](CO)[C@H]3O)[C@@H](O)[C@H]2O)c(=O)[nH]1. The number of fused-ring (bicyclic) bond motifs is 1. The van der Waals surface area contributed by atoms with Gasteiger partial charge in [-0.05, 0) is 0 Å². The average molecular weight is 479 g/mol. The molecular formula is C15H22N5O11P. The molecule has 0 spiro atoms. The second kappa shape index (κ2) is 8.75. The van der Waals surface area contributed by atoms with Crippen LogP contribution in [0.3, 0.4) is 0 Å². The van der Waals surface area contributed by atoms with Crippen molar-refractivity contribution in [2.45, 2.75) is 42.9 Å². The van der Waals surface area contributed by atoms with Crippen molar-refractivity contribution >= 4 is 24.9 Å². The molecule has 0 saturated carbocycles. The number of H-pyrrole nitrogens is 1. The summed E-state index contributed by atoms with van der Waals surface area (Å²) in [5.41, 5.74) is 4.85. The van der Waals surface area contributed by atoms with E-state index in [1.807, 2.05) is 0 Å². The number of aliphatic hydroxyl groups is 4. The van der Waals surface area contributed by atoms with E-state index in [-0.39, 0.29) is 23.7 Å². The number of phosphoric acid groups is 1. The summed E-state index contributed by atoms with van der Waals surface area (Å²) < 4.78 is 33.7. The van der Waals surface area contributed by atoms with Crippen molar-refractivity contribution in [2.75, 3.05) is 25.6 Å². The van der Waals surface area contributed by atoms with Crippen LogP contribution in [0.25, 0.3) is 11.2 Å². The predicted molar refractivity (Wildman–Crippen MR) is 102 cm³/mol. The Morgan fingerprint density at radius 2 is 2.03 bits per heavy atom. The Morgan fingerprint density at radius 3 is 2.72 bits per heavy atom. The third-order valence-electron chi connectivity index (χ3n) is 5.15. The van der Waals surface area contributed by atoms with E-state index in [0.717, 1.165) is 6.33 Å². The van der Waals surface area contributed by atoms with Gasteiger partial charge in [0.25, 0.3) is 5.56 Å². The molecule has 0 aliphatic carbocycles. The van der Waals surface area contributed by atoms with Gasteiger partial charge in [-0.2, -0.15) is 4.98 Å². The highest BCUT2D eigenvalue weighted by Crippen LogP contribution is 2.47. The molecule has 32 heavy (non-hydrogen) atoms. The largest absolute Gasteiger partial charge is 0.472 e. The van der Waals surface area contributed by atoms with Crippen molar-refractivity contribution in [1.29, 1.82) is 0 Å². The molecule has 0 amide bonds. The lowest BCUT2D eigenvalue weighted by atomic mass is 10.1. The summed E-state index contributed by atoms with van der Waals surface area (Å²) in [5.74, 6) is -0.197. The van der Waals surface area contributed by atoms with Crippen molar-refractivity contribution in [3.8, 4) is 0 Å². The van der Waals surface area contributed by atoms with Crippen LogP contribution in [0.5, 0.6) is 0 Å². The van der Waals surface area contributed by atoms with E-state index in [9.17, 15) is 29.6 Å². The van der Waals surface area contributed by atoms with E-state index in [1.54, 1.807) is 0 Å². The molecule has 17 heteroatoms. The van der Waals surface area contributed by atoms with Crippen LogP contribution in [0.1, 0.15) is 6.23 Å². The minimum Gasteiger partial charge on any atom is -0.394 e. The smallest absolute Gasteiger partial charge is 0.394 e. The van der Waals surface area contributed by atoms with Crippen molar-refractivity contribution in [2.24, 2.45) is 0 Å². The molecule has 2 saturated heterocycles. The number of hydrogen-bond donors (Lipinski definition) is 7. The molecule has 16 nitrogen and oxygen atoms in total. The number of aromatic nitrogens is 4. The molecule has 0 radical (unpaired) electrons. The first-order chi connectivity index (χ1) is 15.1. The number of nitrogens with two attached hydrogens (primary N) is 1. The fourth-order valence-electron chi connectivity index (χ4n) is 3.50. The lowest BCUT2D eigenvalue weighted by Crippen LogP contribution is -2.35. The number of nitrogen functional groups attached to an aromatic ring is 1. The predicted octanol–water partition coefficient (Wildman–Crippen LogP) is -3.42. The van der Waals surface area contributed by atoms with Crippen LogP contribution in [0.15, 0.2) is 11.1 Å². The van der Waals surface area contributed by atoms with Gasteiger partial charge in [-0.25, -0.2) is 9.55 Å². The molecule has 0 aromatic carbocycles. The van der Waals surface area contributed by atoms with Gasteiger partial charge in [0.05, 0.1) is 26.1 Å². The Bertz CT molecular complexity index is 1080. The Morgan fingerprint density at radius 1 is 1.28 bits per heavy atom. The normalized spacial score (nSPS) is 34.8. The van der Waals surface area contributed by atoms with Crippen LogP contribution < -0.4 is 11.3 Å². The number of hydrogen-bond acceptors (Lipinski definition) is 13. The standard InChI is InChI=1S/C15H22N5O11P/c16-15-18-12-8(13(25)19-15)17-4-20(12)14-11(24)10(23)6(30-14)3-29-32(26,27)31-7-2-28-5(1-21)9(7)22/h4-7,9-11,14,21-24H,1-3H2,(H,26,27)(H3,16,18,19,25)/t5-,6-,7+,9-,10-,11-,14-/m1/s1. The van der Waals surface area contributed by atoms with Crippen molar-refractivity contribution in [3.63, 3.8) is 0 Å². The summed E-state index contributed by atoms with van der Waals surface area (Å²) in [7, 11) is -4.73. The first-order valence-corrected chi connectivity index (χ1v) is 10.9. The summed E-state index contributed by atoms with van der Waals surface area (Å²) in [6.07, 6.45) is -7.97. The van der Waals surface area contributed by atoms with Crippen LogP contribution >= 0.6 is 7.82 Å². The van der Waals surface area contributed by atoms with Crippen molar-refractivity contribution in [1.82, 2.24) is 19.5 Å². The van der Waals surface area contributed by atoms with E-state index in [0.29, 0.717) is 0 Å². The Labute approximate surface area is 178 Å². The number of aliphatic hydroxyl groups excluding tert-OH is 4. The maximum Gasteiger partial charge on any atom is 0.472 e. The first-order valence-electron chi connectivity index (χ1n) is 9.41. The van der Waals surface area contributed by atoms with Gasteiger partial charge in [-0.3, -0.25) is 23.4 Å². The zero-order chi connectivity index (χ0) is 23.2. The molecular weight excluding hydrogens is 457 g/mol. The number of anilines is 1. The number of nitrogens with one attached hydrogen (secondary N) is 1. The number of phosphoric ester groups is 1. The quantitative estimate of drug-likeness (QED) is 0.191. The van der Waals surface area contributed by atoms with Crippen LogP contribution in [0.4, 0.5) is 5.95 Å². The third-order valence-corrected chi connectivity index (χ3v) is 6.16. The van der Waals surface area contributed by atoms with Crippen LogP contribution in [0, 0.1) is 0 Å². The fraction of sp³-hybridized carbons (Fsp3) is 0.667. The zero-order valence-electron chi connectivity index (χ0n) is 16.3. The number of aromatic amines is 1. The third kappa shape index (κ3) is 4.29. The Balaban J connectivity index is 1.43. The van der Waals surface area contributed by atoms with E-state index < -0.39 is 69.4 Å². The number of ether oxygens (including phenoxy) is 2. The van der Waals surface area contributed by atoms with Gasteiger partial charge in [0, 0.05) is 0 Å². The maximum atomic E-state index is 12.2. The van der Waals surface area contributed by atoms with Crippen LogP contribution in [-0.4, -0.2) is 101 Å². The molecule has 4 rings (SSSR count). The van der Waals surface area contributed by atoms with E-state index in [2.05, 4.69) is 15.0 Å². The van der Waals surface area contributed by atoms with Crippen molar-refractivity contribution in [3.05, 3.63) is 16.7 Å². The van der Waals surface area contributed by atoms with Gasteiger partial charge >= 0.3 is 7.82 Å². The second-order valence-corrected chi connectivity index (χ2v) is 8.68. The van der Waals surface area contributed by atoms with E-state index in [4.69, 9.17) is 29.4 Å². The molecule has 2 aliphatic heterocycles. The summed E-state index contributed by atoms with van der Waals surface area (Å²) in [5, 5.41) is 39.6. The molecule has 178 valence electrons. The van der Waals surface area contributed by atoms with E-state index >= 15 is 0 Å². The Kier molecular flexibility index (Phi) is 6.34. The molecule has 8 N–H and O–H groups in total. The summed E-state index contributed by atoms with van der Waals surface area (Å²) >= 11 is 0. The lowest BCUT2D eigenvalue weighted by Gasteiger charge is -2.21. The highest BCUT2D eigenvalue weighted by atomic mass is 31.2. The molecule has 0 bridgehead atoms. The van der Waals surface area contributed by atoms with Gasteiger partial charge in [0.15, 0.2) is 17.4 Å². The second-order valence-electron chi connectivity index (χ2n) is 7.27. The molecule has 2 fully saturated rings. The summed E-state index contributed by atoms with van der Waals surface area (Å²) in [4.78, 5) is 32.0. The van der Waals surface area contributed by atoms with Gasteiger partial charge in [-0.15, -0.1) is 0 Å². The zero-order valence-corrected chi connectivity index (χ0v) is 17.2. The first kappa shape index (κ1) is 23.2. The van der Waals surface area contributed by atoms with Gasteiger partial charge in [0.1, 0.15) is 36.6 Å². The van der Waals surface area contributed by atoms with E-state index in [1.165, 1.54) is 4.57 Å². The molecule has 2 aromatic rings. The van der Waals surface area contributed by atoms with Crippen LogP contribution in [-0.2, 0) is 23.1 Å². The minimum absolute atomic E-state index is 0.00566. The van der Waals surface area contributed by atoms with Gasteiger partial charge < -0.3 is 40.5 Å². The summed E-state index contributed by atoms with van der Waals surface area (Å²) in [6.45, 7) is -1.42. The summed E-state index contributed by atoms with van der Waals surface area (Å²) in [6, 6.07) is 0. The topological polar surface area (TPSA) is 245 Å². The maximum absolute atomic E-state index is 12.2. The average Bonchev–Trinajstić information content (AvgIpc) is 3.38. The monoisotopic (exact) mass is 479 g/mol. The molecule has 2 aromatic heterocycles. The number of rotatable bonds is 7. The van der Waals surface area contributed by atoms with Crippen LogP contribution in [0.2, 0.25) is 0 Å². The molecule has 4 heterocycles. The Hall–Kier alpha value is -1.98. The van der Waals surface area contributed by atoms with Gasteiger partial charge in [-0.1, -0.05) is 0 Å². The minimum atomic E-state index is -4.73. The fourth-order valence-corrected chi connectivity index (χ4v) is 4.43.